The van der Waals surface area contributed by atoms with Gasteiger partial charge in [0.05, 0.1) is 0 Å². The van der Waals surface area contributed by atoms with Crippen LogP contribution in [-0.2, 0) is 15.7 Å². The number of piperazine rings is 1. The van der Waals surface area contributed by atoms with Gasteiger partial charge in [-0.1, -0.05) is 0 Å². The van der Waals surface area contributed by atoms with Gasteiger partial charge in [-0.2, -0.15) is 22.5 Å². The lowest BCUT2D eigenvalue weighted by Gasteiger charge is -2.35. The summed E-state index contributed by atoms with van der Waals surface area (Å²) in [5.41, 5.74) is 0. The van der Waals surface area contributed by atoms with E-state index in [-0.39, 0.29) is 17.1 Å². The largest absolute Gasteiger partial charge is 0.452 e. The summed E-state index contributed by atoms with van der Waals surface area (Å²) in [5.74, 6) is -1.13. The van der Waals surface area contributed by atoms with Crippen molar-refractivity contribution >= 4 is 22.6 Å². The van der Waals surface area contributed by atoms with Gasteiger partial charge in [0.1, 0.15) is 6.10 Å². The zero-order valence-corrected chi connectivity index (χ0v) is 12.5. The van der Waals surface area contributed by atoms with Crippen molar-refractivity contribution in [3.05, 3.63) is 5.82 Å². The fourth-order valence-electron chi connectivity index (χ4n) is 2.55. The summed E-state index contributed by atoms with van der Waals surface area (Å²) in [6, 6.07) is 0. The van der Waals surface area contributed by atoms with Crippen LogP contribution in [0.3, 0.4) is 0 Å². The molecule has 0 N–H and O–H groups in total. The van der Waals surface area contributed by atoms with Crippen molar-refractivity contribution in [1.82, 2.24) is 14.3 Å². The Morgan fingerprint density at radius 2 is 2.00 bits per heavy atom. The second-order valence-corrected chi connectivity index (χ2v) is 5.94. The quantitative estimate of drug-likeness (QED) is 0.817. The van der Waals surface area contributed by atoms with Crippen molar-refractivity contribution in [3.8, 4) is 0 Å². The van der Waals surface area contributed by atoms with E-state index in [0.29, 0.717) is 32.8 Å². The normalized spacial score (nSPS) is 23.1. The number of amides is 1. The van der Waals surface area contributed by atoms with Gasteiger partial charge in [-0.25, -0.2) is 0 Å². The molecule has 2 aliphatic heterocycles. The molecule has 6 nitrogen and oxygen atoms in total. The number of carbonyl (C=O) groups excluding carboxylic acids is 1. The molecule has 0 bridgehead atoms. The second-order valence-electron chi connectivity index (χ2n) is 5.21. The van der Waals surface area contributed by atoms with Crippen LogP contribution in [0.25, 0.3) is 0 Å². The van der Waals surface area contributed by atoms with Crippen LogP contribution < -0.4 is 4.90 Å². The lowest BCUT2D eigenvalue weighted by atomic mass is 10.2. The Morgan fingerprint density at radius 1 is 1.27 bits per heavy atom. The molecule has 1 aromatic heterocycles. The molecule has 3 heterocycles. The van der Waals surface area contributed by atoms with E-state index in [0.717, 1.165) is 24.4 Å². The highest BCUT2D eigenvalue weighted by Gasteiger charge is 2.37. The average Bonchev–Trinajstić information content (AvgIpc) is 3.17. The smallest absolute Gasteiger partial charge is 0.368 e. The first-order valence-corrected chi connectivity index (χ1v) is 7.79. The lowest BCUT2D eigenvalue weighted by molar-refractivity contribution is -0.144. The van der Waals surface area contributed by atoms with E-state index in [1.54, 1.807) is 9.80 Å². The molecule has 22 heavy (non-hydrogen) atoms. The summed E-state index contributed by atoms with van der Waals surface area (Å²) in [6.07, 6.45) is -3.25. The highest BCUT2D eigenvalue weighted by atomic mass is 32.1. The lowest BCUT2D eigenvalue weighted by Crippen LogP contribution is -2.51. The third-order valence-corrected chi connectivity index (χ3v) is 4.51. The van der Waals surface area contributed by atoms with E-state index in [9.17, 15) is 18.0 Å². The second kappa shape index (κ2) is 5.99. The van der Waals surface area contributed by atoms with E-state index in [1.807, 2.05) is 0 Å². The zero-order chi connectivity index (χ0) is 15.7. The molecule has 2 fully saturated rings. The van der Waals surface area contributed by atoms with E-state index < -0.39 is 12.0 Å². The summed E-state index contributed by atoms with van der Waals surface area (Å²) in [6.45, 7) is 2.43. The summed E-state index contributed by atoms with van der Waals surface area (Å²) in [5, 5.41) is 0.247. The molecule has 2 aliphatic rings. The van der Waals surface area contributed by atoms with E-state index in [2.05, 4.69) is 9.36 Å². The zero-order valence-electron chi connectivity index (χ0n) is 11.7. The van der Waals surface area contributed by atoms with E-state index in [1.165, 1.54) is 0 Å². The Labute approximate surface area is 129 Å². The summed E-state index contributed by atoms with van der Waals surface area (Å²) in [7, 11) is 0. The van der Waals surface area contributed by atoms with Crippen LogP contribution in [0.1, 0.15) is 18.7 Å². The number of halogens is 3. The third kappa shape index (κ3) is 3.17. The van der Waals surface area contributed by atoms with Crippen molar-refractivity contribution in [2.45, 2.75) is 25.1 Å². The summed E-state index contributed by atoms with van der Waals surface area (Å²) >= 11 is 0.735. The summed E-state index contributed by atoms with van der Waals surface area (Å²) < 4.78 is 46.2. The van der Waals surface area contributed by atoms with Crippen LogP contribution >= 0.6 is 11.5 Å². The van der Waals surface area contributed by atoms with Crippen molar-refractivity contribution < 1.29 is 22.7 Å². The molecule has 122 valence electrons. The predicted molar refractivity (Wildman–Crippen MR) is 72.7 cm³/mol. The molecule has 0 aliphatic carbocycles. The van der Waals surface area contributed by atoms with Crippen molar-refractivity contribution in [1.29, 1.82) is 0 Å². The highest BCUT2D eigenvalue weighted by Crippen LogP contribution is 2.30. The Hall–Kier alpha value is -1.42. The van der Waals surface area contributed by atoms with Crippen molar-refractivity contribution in [2.75, 3.05) is 37.7 Å². The third-order valence-electron chi connectivity index (χ3n) is 3.74. The minimum Gasteiger partial charge on any atom is -0.368 e. The molecule has 1 aromatic rings. The topological polar surface area (TPSA) is 58.6 Å². The van der Waals surface area contributed by atoms with Gasteiger partial charge in [0.2, 0.25) is 11.0 Å². The first kappa shape index (κ1) is 15.5. The maximum absolute atomic E-state index is 12.5. The van der Waals surface area contributed by atoms with Gasteiger partial charge in [-0.15, -0.1) is 0 Å². The molecule has 0 aromatic carbocycles. The van der Waals surface area contributed by atoms with Crippen LogP contribution in [0.15, 0.2) is 0 Å². The van der Waals surface area contributed by atoms with Crippen molar-refractivity contribution in [2.24, 2.45) is 0 Å². The minimum atomic E-state index is -4.52. The molecule has 1 unspecified atom stereocenters. The molecular weight excluding hydrogens is 321 g/mol. The Morgan fingerprint density at radius 3 is 2.55 bits per heavy atom. The number of nitrogens with zero attached hydrogens (tertiary/aromatic N) is 4. The number of hydrogen-bond donors (Lipinski definition) is 0. The molecule has 0 spiro atoms. The number of hydrogen-bond acceptors (Lipinski definition) is 6. The fourth-order valence-corrected chi connectivity index (χ4v) is 3.29. The number of carbonyl (C=O) groups is 1. The Balaban J connectivity index is 1.57. The minimum absolute atomic E-state index is 0.0228. The van der Waals surface area contributed by atoms with Crippen LogP contribution in [0, 0.1) is 0 Å². The maximum Gasteiger partial charge on any atom is 0.452 e. The van der Waals surface area contributed by atoms with E-state index in [4.69, 9.17) is 4.74 Å². The number of ether oxygens (including phenoxy) is 1. The Kier molecular flexibility index (Phi) is 4.22. The van der Waals surface area contributed by atoms with Gasteiger partial charge < -0.3 is 14.5 Å². The molecule has 1 atom stereocenters. The first-order valence-electron chi connectivity index (χ1n) is 7.01. The van der Waals surface area contributed by atoms with Crippen LogP contribution in [0.4, 0.5) is 18.3 Å². The van der Waals surface area contributed by atoms with Gasteiger partial charge in [0, 0.05) is 44.3 Å². The van der Waals surface area contributed by atoms with Gasteiger partial charge in [-0.05, 0) is 12.8 Å². The number of aromatic nitrogens is 2. The summed E-state index contributed by atoms with van der Waals surface area (Å²) in [4.78, 5) is 19.2. The number of anilines is 1. The van der Waals surface area contributed by atoms with Crippen LogP contribution in [-0.4, -0.2) is 59.1 Å². The Bertz CT molecular complexity index is 537. The van der Waals surface area contributed by atoms with Gasteiger partial charge in [-0.3, -0.25) is 4.79 Å². The van der Waals surface area contributed by atoms with Crippen LogP contribution in [0.5, 0.6) is 0 Å². The molecule has 1 amide bonds. The van der Waals surface area contributed by atoms with Gasteiger partial charge in [0.15, 0.2) is 0 Å². The van der Waals surface area contributed by atoms with Crippen LogP contribution in [0.2, 0.25) is 0 Å². The monoisotopic (exact) mass is 336 g/mol. The predicted octanol–water partition coefficient (Wildman–Crippen LogP) is 1.38. The first-order chi connectivity index (χ1) is 10.4. The standard InChI is InChI=1S/C12H15F3N4O2S/c13-12(14,15)10-16-11(22-17-10)19-5-3-18(4-6-19)9(20)8-2-1-7-21-8/h8H,1-7H2. The SMILES string of the molecule is O=C(C1CCCO1)N1CCN(c2nc(C(F)(F)F)ns2)CC1. The number of rotatable bonds is 2. The van der Waals surface area contributed by atoms with Crippen molar-refractivity contribution in [3.63, 3.8) is 0 Å². The van der Waals surface area contributed by atoms with E-state index >= 15 is 0 Å². The number of alkyl halides is 3. The molecular formula is C12H15F3N4O2S. The molecule has 0 radical (unpaired) electrons. The highest BCUT2D eigenvalue weighted by molar-refractivity contribution is 7.09. The molecule has 3 rings (SSSR count). The molecule has 10 heteroatoms. The molecule has 0 saturated carbocycles. The molecule has 2 saturated heterocycles. The maximum atomic E-state index is 12.5. The van der Waals surface area contributed by atoms with Gasteiger partial charge in [0.25, 0.3) is 5.91 Å². The average molecular weight is 336 g/mol. The van der Waals surface area contributed by atoms with Gasteiger partial charge >= 0.3 is 6.18 Å². The fraction of sp³-hybridized carbons (Fsp3) is 0.750.